The minimum Gasteiger partial charge on any atom is -0.370 e. The van der Waals surface area contributed by atoms with E-state index < -0.39 is 0 Å². The second kappa shape index (κ2) is 7.36. The molecule has 1 heterocycles. The van der Waals surface area contributed by atoms with Crippen LogP contribution >= 0.6 is 0 Å². The molecule has 0 spiro atoms. The van der Waals surface area contributed by atoms with Gasteiger partial charge in [-0.25, -0.2) is 0 Å². The Hall–Kier alpha value is -1.10. The number of amides is 2. The molecule has 1 rings (SSSR count). The van der Waals surface area contributed by atoms with Crippen molar-refractivity contribution in [1.29, 1.82) is 0 Å². The van der Waals surface area contributed by atoms with Gasteiger partial charge in [-0.15, -0.1) is 0 Å². The number of carbonyl (C=O) groups is 2. The summed E-state index contributed by atoms with van der Waals surface area (Å²) in [5.41, 5.74) is 5.18. The molecule has 0 saturated carbocycles. The number of hydrogen-bond acceptors (Lipinski definition) is 3. The zero-order chi connectivity index (χ0) is 13.5. The molecule has 2 amide bonds. The van der Waals surface area contributed by atoms with E-state index in [4.69, 9.17) is 5.73 Å². The Morgan fingerprint density at radius 3 is 2.50 bits per heavy atom. The van der Waals surface area contributed by atoms with Crippen LogP contribution in [0.3, 0.4) is 0 Å². The van der Waals surface area contributed by atoms with Gasteiger partial charge in [0.05, 0.1) is 6.54 Å². The van der Waals surface area contributed by atoms with Gasteiger partial charge in [-0.05, 0) is 32.1 Å². The van der Waals surface area contributed by atoms with Crippen molar-refractivity contribution in [1.82, 2.24) is 10.2 Å². The lowest BCUT2D eigenvalue weighted by atomic mass is 9.93. The predicted molar refractivity (Wildman–Crippen MR) is 70.9 cm³/mol. The van der Waals surface area contributed by atoms with Gasteiger partial charge in [-0.2, -0.15) is 0 Å². The molecule has 5 nitrogen and oxygen atoms in total. The first kappa shape index (κ1) is 15.0. The Kier molecular flexibility index (Phi) is 6.12. The van der Waals surface area contributed by atoms with Crippen molar-refractivity contribution in [3.63, 3.8) is 0 Å². The standard InChI is InChI=1S/C13H25N3O2/c1-3-10(2)15-9-13(18)16-6-4-11(5-7-16)8-12(14)17/h10-11,15H,3-9H2,1-2H3,(H2,14,17). The van der Waals surface area contributed by atoms with Gasteiger partial charge in [0.1, 0.15) is 0 Å². The number of hydrogen-bond donors (Lipinski definition) is 2. The molecule has 0 aliphatic carbocycles. The Balaban J connectivity index is 2.25. The fraction of sp³-hybridized carbons (Fsp3) is 0.846. The third kappa shape index (κ3) is 5.04. The number of piperidine rings is 1. The molecule has 104 valence electrons. The smallest absolute Gasteiger partial charge is 0.236 e. The lowest BCUT2D eigenvalue weighted by molar-refractivity contribution is -0.131. The van der Waals surface area contributed by atoms with Crippen LogP contribution in [-0.4, -0.2) is 42.4 Å². The molecule has 1 saturated heterocycles. The SMILES string of the molecule is CCC(C)NCC(=O)N1CCC(CC(N)=O)CC1. The summed E-state index contributed by atoms with van der Waals surface area (Å²) in [5, 5.41) is 3.21. The average Bonchev–Trinajstić information content (AvgIpc) is 2.35. The normalized spacial score (nSPS) is 18.7. The van der Waals surface area contributed by atoms with Crippen LogP contribution in [0.25, 0.3) is 0 Å². The van der Waals surface area contributed by atoms with E-state index in [9.17, 15) is 9.59 Å². The van der Waals surface area contributed by atoms with E-state index in [1.165, 1.54) is 0 Å². The molecule has 0 aromatic heterocycles. The molecule has 0 bridgehead atoms. The van der Waals surface area contributed by atoms with Crippen molar-refractivity contribution in [3.8, 4) is 0 Å². The highest BCUT2D eigenvalue weighted by Gasteiger charge is 2.23. The molecule has 1 unspecified atom stereocenters. The van der Waals surface area contributed by atoms with Gasteiger partial charge in [0.25, 0.3) is 0 Å². The first-order valence-corrected chi connectivity index (χ1v) is 6.82. The van der Waals surface area contributed by atoms with Crippen molar-refractivity contribution in [2.75, 3.05) is 19.6 Å². The van der Waals surface area contributed by atoms with E-state index in [0.29, 0.717) is 24.9 Å². The molecular formula is C13H25N3O2. The lowest BCUT2D eigenvalue weighted by Gasteiger charge is -2.32. The molecule has 0 aromatic rings. The third-order valence-electron chi connectivity index (χ3n) is 3.67. The van der Waals surface area contributed by atoms with E-state index in [2.05, 4.69) is 19.2 Å². The summed E-state index contributed by atoms with van der Waals surface area (Å²) in [5.74, 6) is 0.278. The van der Waals surface area contributed by atoms with Crippen LogP contribution in [0.1, 0.15) is 39.5 Å². The zero-order valence-electron chi connectivity index (χ0n) is 11.4. The first-order chi connectivity index (χ1) is 8.52. The summed E-state index contributed by atoms with van der Waals surface area (Å²) in [4.78, 5) is 24.6. The maximum atomic E-state index is 11.9. The fourth-order valence-corrected chi connectivity index (χ4v) is 2.19. The van der Waals surface area contributed by atoms with E-state index in [1.54, 1.807) is 0 Å². The molecule has 1 fully saturated rings. The Labute approximate surface area is 109 Å². The number of carbonyl (C=O) groups excluding carboxylic acids is 2. The van der Waals surface area contributed by atoms with Crippen LogP contribution < -0.4 is 11.1 Å². The maximum Gasteiger partial charge on any atom is 0.236 e. The number of nitrogens with two attached hydrogens (primary N) is 1. The number of primary amides is 1. The summed E-state index contributed by atoms with van der Waals surface area (Å²) < 4.78 is 0. The number of nitrogens with one attached hydrogen (secondary N) is 1. The number of nitrogens with zero attached hydrogens (tertiary/aromatic N) is 1. The second-order valence-corrected chi connectivity index (χ2v) is 5.18. The van der Waals surface area contributed by atoms with E-state index in [-0.39, 0.29) is 11.8 Å². The molecule has 1 atom stereocenters. The quantitative estimate of drug-likeness (QED) is 0.725. The first-order valence-electron chi connectivity index (χ1n) is 6.82. The van der Waals surface area contributed by atoms with Gasteiger partial charge in [0, 0.05) is 25.6 Å². The molecule has 0 aromatic carbocycles. The second-order valence-electron chi connectivity index (χ2n) is 5.18. The maximum absolute atomic E-state index is 11.9. The van der Waals surface area contributed by atoms with E-state index in [1.807, 2.05) is 4.90 Å². The fourth-order valence-electron chi connectivity index (χ4n) is 2.19. The molecule has 1 aliphatic heterocycles. The topological polar surface area (TPSA) is 75.4 Å². The summed E-state index contributed by atoms with van der Waals surface area (Å²) in [6.45, 7) is 6.08. The van der Waals surface area contributed by atoms with Gasteiger partial charge in [0.15, 0.2) is 0 Å². The Morgan fingerprint density at radius 2 is 2.00 bits per heavy atom. The van der Waals surface area contributed by atoms with Gasteiger partial charge in [0.2, 0.25) is 11.8 Å². The third-order valence-corrected chi connectivity index (χ3v) is 3.67. The Bertz CT molecular complexity index is 286. The molecule has 3 N–H and O–H groups in total. The van der Waals surface area contributed by atoms with Crippen molar-refractivity contribution < 1.29 is 9.59 Å². The highest BCUT2D eigenvalue weighted by atomic mass is 16.2. The lowest BCUT2D eigenvalue weighted by Crippen LogP contribution is -2.44. The highest BCUT2D eigenvalue weighted by molar-refractivity contribution is 5.78. The molecular weight excluding hydrogens is 230 g/mol. The minimum absolute atomic E-state index is 0.160. The van der Waals surface area contributed by atoms with Crippen LogP contribution in [0.5, 0.6) is 0 Å². The summed E-state index contributed by atoms with van der Waals surface area (Å²) in [6, 6.07) is 0.376. The van der Waals surface area contributed by atoms with Crippen LogP contribution in [0, 0.1) is 5.92 Å². The summed E-state index contributed by atoms with van der Waals surface area (Å²) >= 11 is 0. The average molecular weight is 255 g/mol. The number of rotatable bonds is 6. The molecule has 1 aliphatic rings. The van der Waals surface area contributed by atoms with Gasteiger partial charge >= 0.3 is 0 Å². The van der Waals surface area contributed by atoms with Gasteiger partial charge < -0.3 is 16.0 Å². The molecule has 0 radical (unpaired) electrons. The predicted octanol–water partition coefficient (Wildman–Crippen LogP) is 0.489. The van der Waals surface area contributed by atoms with Gasteiger partial charge in [-0.3, -0.25) is 9.59 Å². The van der Waals surface area contributed by atoms with E-state index >= 15 is 0 Å². The zero-order valence-corrected chi connectivity index (χ0v) is 11.4. The largest absolute Gasteiger partial charge is 0.370 e. The van der Waals surface area contributed by atoms with Crippen LogP contribution in [-0.2, 0) is 9.59 Å². The highest BCUT2D eigenvalue weighted by Crippen LogP contribution is 2.19. The van der Waals surface area contributed by atoms with Gasteiger partial charge in [-0.1, -0.05) is 6.92 Å². The summed E-state index contributed by atoms with van der Waals surface area (Å²) in [7, 11) is 0. The monoisotopic (exact) mass is 255 g/mol. The number of likely N-dealkylation sites (tertiary alicyclic amines) is 1. The molecule has 18 heavy (non-hydrogen) atoms. The summed E-state index contributed by atoms with van der Waals surface area (Å²) in [6.07, 6.45) is 3.25. The van der Waals surface area contributed by atoms with Crippen molar-refractivity contribution >= 4 is 11.8 Å². The van der Waals surface area contributed by atoms with Crippen molar-refractivity contribution in [2.45, 2.75) is 45.6 Å². The van der Waals surface area contributed by atoms with Crippen molar-refractivity contribution in [3.05, 3.63) is 0 Å². The van der Waals surface area contributed by atoms with Crippen molar-refractivity contribution in [2.24, 2.45) is 11.7 Å². The van der Waals surface area contributed by atoms with Crippen LogP contribution in [0.2, 0.25) is 0 Å². The van der Waals surface area contributed by atoms with Crippen LogP contribution in [0.4, 0.5) is 0 Å². The minimum atomic E-state index is -0.238. The van der Waals surface area contributed by atoms with E-state index in [0.717, 1.165) is 32.4 Å². The van der Waals surface area contributed by atoms with Crippen LogP contribution in [0.15, 0.2) is 0 Å². The Morgan fingerprint density at radius 1 is 1.39 bits per heavy atom. The molecule has 5 heteroatoms.